The second-order valence-corrected chi connectivity index (χ2v) is 22.6. The lowest BCUT2D eigenvalue weighted by molar-refractivity contribution is 0.661. The van der Waals surface area contributed by atoms with E-state index in [0.717, 1.165) is 81.8 Å². The van der Waals surface area contributed by atoms with Crippen molar-refractivity contribution in [3.63, 3.8) is 0 Å². The Morgan fingerprint density at radius 2 is 0.756 bits per heavy atom. The molecular formula is C71H42N6S. The quantitative estimate of drug-likeness (QED) is 0.176. The zero-order valence-electron chi connectivity index (χ0n) is 42.4. The van der Waals surface area contributed by atoms with Gasteiger partial charge >= 0.3 is 0 Å². The lowest BCUT2D eigenvalue weighted by Gasteiger charge is -2.22. The summed E-state index contributed by atoms with van der Waals surface area (Å²) in [5.41, 5.74) is 17.5. The van der Waals surface area contributed by atoms with Gasteiger partial charge in [-0.05, 0) is 125 Å². The molecule has 17 rings (SSSR count). The fourth-order valence-electron chi connectivity index (χ4n) is 13.8. The number of nitrogens with zero attached hydrogens (tertiary/aromatic N) is 6. The molecule has 1 aliphatic rings. The highest BCUT2D eigenvalue weighted by molar-refractivity contribution is 7.25. The van der Waals surface area contributed by atoms with Gasteiger partial charge in [-0.2, -0.15) is 10.5 Å². The van der Waals surface area contributed by atoms with E-state index < -0.39 is 0 Å². The average Bonchev–Trinajstić information content (AvgIpc) is 4.51. The van der Waals surface area contributed by atoms with E-state index in [4.69, 9.17) is 0 Å². The molecule has 0 unspecified atom stereocenters. The highest BCUT2D eigenvalue weighted by Gasteiger charge is 2.36. The number of nitriles is 2. The van der Waals surface area contributed by atoms with Gasteiger partial charge in [-0.3, -0.25) is 0 Å². The van der Waals surface area contributed by atoms with Gasteiger partial charge in [0, 0.05) is 80.1 Å². The predicted octanol–water partition coefficient (Wildman–Crippen LogP) is 18.5. The molecule has 362 valence electrons. The first-order valence-electron chi connectivity index (χ1n) is 26.4. The van der Waals surface area contributed by atoms with Crippen molar-refractivity contribution in [1.82, 2.24) is 18.3 Å². The fraction of sp³-hybridized carbons (Fsp3) is 0.0423. The lowest BCUT2D eigenvalue weighted by Crippen LogP contribution is -2.15. The first kappa shape index (κ1) is 43.1. The van der Waals surface area contributed by atoms with Gasteiger partial charge in [0.1, 0.15) is 12.1 Å². The Balaban J connectivity index is 0.936. The van der Waals surface area contributed by atoms with Gasteiger partial charge in [0.2, 0.25) is 0 Å². The van der Waals surface area contributed by atoms with Crippen LogP contribution >= 0.6 is 11.3 Å². The van der Waals surface area contributed by atoms with Crippen molar-refractivity contribution in [3.8, 4) is 46.0 Å². The summed E-state index contributed by atoms with van der Waals surface area (Å²) in [6.07, 6.45) is 0. The van der Waals surface area contributed by atoms with Crippen LogP contribution in [-0.2, 0) is 5.41 Å². The summed E-state index contributed by atoms with van der Waals surface area (Å²) < 4.78 is 11.6. The van der Waals surface area contributed by atoms with E-state index in [1.165, 1.54) is 59.3 Å². The molecule has 0 saturated heterocycles. The number of hydrogen-bond acceptors (Lipinski definition) is 3. The number of para-hydroxylation sites is 4. The molecule has 7 heteroatoms. The van der Waals surface area contributed by atoms with E-state index in [1.54, 1.807) is 11.3 Å². The van der Waals surface area contributed by atoms with Gasteiger partial charge in [0.15, 0.2) is 0 Å². The van der Waals surface area contributed by atoms with Crippen molar-refractivity contribution < 1.29 is 0 Å². The molecule has 11 aromatic carbocycles. The molecule has 0 radical (unpaired) electrons. The first-order valence-corrected chi connectivity index (χ1v) is 27.3. The lowest BCUT2D eigenvalue weighted by atomic mass is 9.82. The minimum absolute atomic E-state index is 0.271. The molecule has 6 nitrogen and oxygen atoms in total. The molecule has 16 aromatic rings. The summed E-state index contributed by atoms with van der Waals surface area (Å²) in [6, 6.07) is 83.9. The third-order valence-electron chi connectivity index (χ3n) is 17.2. The molecule has 0 bridgehead atoms. The number of hydrogen-bond donors (Lipinski definition) is 0. The molecule has 78 heavy (non-hydrogen) atoms. The predicted molar refractivity (Wildman–Crippen MR) is 324 cm³/mol. The Labute approximate surface area is 450 Å². The maximum absolute atomic E-state index is 11.6. The second kappa shape index (κ2) is 15.5. The molecule has 5 aromatic heterocycles. The van der Waals surface area contributed by atoms with E-state index in [2.05, 4.69) is 251 Å². The van der Waals surface area contributed by atoms with Gasteiger partial charge < -0.3 is 18.3 Å². The number of rotatable bonds is 4. The standard InChI is InChI=1S/C71H42N6S/c1-71(2)57-21-9-3-15-45(57)51-35-54-52-33-43(74-59-22-10-4-16-46(59)47-17-5-11-23-60(47)74)27-29-63(52)76(67(54)37-58(51)71)65-31-42(40-73)66(32-41(65)39-72)77-64-30-28-44(75-61-24-12-6-18-48(61)49-19-7-13-25-62(49)75)34-53(64)55-36-56-50-20-8-14-26-69(50)78-70(56)38-68(55)77/h3-38H,1-2H3. The Morgan fingerprint density at radius 3 is 1.29 bits per heavy atom. The monoisotopic (exact) mass is 1010 g/mol. The molecular weight excluding hydrogens is 969 g/mol. The summed E-state index contributed by atoms with van der Waals surface area (Å²) in [7, 11) is 0. The van der Waals surface area contributed by atoms with Crippen LogP contribution < -0.4 is 0 Å². The highest BCUT2D eigenvalue weighted by Crippen LogP contribution is 2.52. The molecule has 0 spiro atoms. The highest BCUT2D eigenvalue weighted by atomic mass is 32.1. The van der Waals surface area contributed by atoms with Gasteiger partial charge in [0.05, 0.1) is 66.6 Å². The molecule has 0 fully saturated rings. The van der Waals surface area contributed by atoms with E-state index in [0.29, 0.717) is 22.5 Å². The number of fused-ring (bicyclic) bond motifs is 18. The van der Waals surface area contributed by atoms with Crippen LogP contribution in [0.25, 0.3) is 141 Å². The van der Waals surface area contributed by atoms with E-state index >= 15 is 0 Å². The molecule has 0 aliphatic heterocycles. The second-order valence-electron chi connectivity index (χ2n) is 21.5. The zero-order chi connectivity index (χ0) is 51.7. The number of thiophene rings is 1. The van der Waals surface area contributed by atoms with Crippen LogP contribution in [0, 0.1) is 22.7 Å². The fourth-order valence-corrected chi connectivity index (χ4v) is 14.9. The van der Waals surface area contributed by atoms with Crippen molar-refractivity contribution in [2.24, 2.45) is 0 Å². The summed E-state index contributed by atoms with van der Waals surface area (Å²) in [5, 5.41) is 34.7. The summed E-state index contributed by atoms with van der Waals surface area (Å²) in [5.74, 6) is 0. The van der Waals surface area contributed by atoms with Crippen molar-refractivity contribution in [2.75, 3.05) is 0 Å². The molecule has 5 heterocycles. The molecule has 1 aliphatic carbocycles. The third-order valence-corrected chi connectivity index (χ3v) is 18.3. The van der Waals surface area contributed by atoms with Crippen LogP contribution in [0.5, 0.6) is 0 Å². The van der Waals surface area contributed by atoms with Crippen LogP contribution in [-0.4, -0.2) is 18.3 Å². The SMILES string of the molecule is CC1(C)c2ccccc2-c2cc3c4cc(-n5c6ccccc6c6ccccc65)ccc4n(-c4cc(C#N)c(-n5c6ccc(-n7c8ccccc8c8ccccc87)cc6c6cc7c(cc65)sc5ccccc57)cc4C#N)c3cc21. The molecule has 0 amide bonds. The summed E-state index contributed by atoms with van der Waals surface area (Å²) in [4.78, 5) is 0. The average molecular weight is 1010 g/mol. The van der Waals surface area contributed by atoms with Gasteiger partial charge in [-0.15, -0.1) is 11.3 Å². The summed E-state index contributed by atoms with van der Waals surface area (Å²) in [6.45, 7) is 4.62. The van der Waals surface area contributed by atoms with Gasteiger partial charge in [-0.25, -0.2) is 0 Å². The Hall–Kier alpha value is -10.2. The topological polar surface area (TPSA) is 67.3 Å². The minimum atomic E-state index is -0.271. The van der Waals surface area contributed by atoms with Crippen LogP contribution in [0.15, 0.2) is 218 Å². The smallest absolute Gasteiger partial charge is 0.101 e. The van der Waals surface area contributed by atoms with Crippen LogP contribution in [0.4, 0.5) is 0 Å². The van der Waals surface area contributed by atoms with Crippen molar-refractivity contribution in [1.29, 1.82) is 10.5 Å². The van der Waals surface area contributed by atoms with Crippen molar-refractivity contribution in [2.45, 2.75) is 19.3 Å². The Kier molecular flexibility index (Phi) is 8.54. The first-order chi connectivity index (χ1) is 38.4. The van der Waals surface area contributed by atoms with Crippen molar-refractivity contribution in [3.05, 3.63) is 241 Å². The minimum Gasteiger partial charge on any atom is -0.309 e. The molecule has 0 atom stereocenters. The van der Waals surface area contributed by atoms with Crippen LogP contribution in [0.3, 0.4) is 0 Å². The Morgan fingerprint density at radius 1 is 0.321 bits per heavy atom. The largest absolute Gasteiger partial charge is 0.309 e. The van der Waals surface area contributed by atoms with Crippen LogP contribution in [0.1, 0.15) is 36.1 Å². The maximum Gasteiger partial charge on any atom is 0.101 e. The Bertz CT molecular complexity index is 5360. The van der Waals surface area contributed by atoms with Crippen molar-refractivity contribution >= 4 is 119 Å². The van der Waals surface area contributed by atoms with E-state index in [9.17, 15) is 10.5 Å². The van der Waals surface area contributed by atoms with E-state index in [1.807, 2.05) is 12.1 Å². The van der Waals surface area contributed by atoms with Gasteiger partial charge in [-0.1, -0.05) is 129 Å². The van der Waals surface area contributed by atoms with Gasteiger partial charge in [0.25, 0.3) is 0 Å². The van der Waals surface area contributed by atoms with Crippen LogP contribution in [0.2, 0.25) is 0 Å². The number of aromatic nitrogens is 4. The maximum atomic E-state index is 11.6. The zero-order valence-corrected chi connectivity index (χ0v) is 43.2. The molecule has 0 saturated carbocycles. The normalized spacial score (nSPS) is 13.1. The molecule has 0 N–H and O–H groups in total. The van der Waals surface area contributed by atoms with E-state index in [-0.39, 0.29) is 5.41 Å². The number of benzene rings is 11. The third kappa shape index (κ3) is 5.62. The summed E-state index contributed by atoms with van der Waals surface area (Å²) >= 11 is 1.78.